The van der Waals surface area contributed by atoms with Crippen LogP contribution < -0.4 is 0 Å². The Bertz CT molecular complexity index is 915. The fourth-order valence-electron chi connectivity index (χ4n) is 5.71. The zero-order valence-corrected chi connectivity index (χ0v) is 23.8. The van der Waals surface area contributed by atoms with E-state index in [0.29, 0.717) is 38.9 Å². The van der Waals surface area contributed by atoms with E-state index in [0.717, 1.165) is 56.6 Å². The van der Waals surface area contributed by atoms with Gasteiger partial charge in [0.2, 0.25) is 5.78 Å². The van der Waals surface area contributed by atoms with Gasteiger partial charge in [-0.2, -0.15) is 8.78 Å². The van der Waals surface area contributed by atoms with Crippen LogP contribution in [0.3, 0.4) is 0 Å². The third-order valence-electron chi connectivity index (χ3n) is 7.99. The van der Waals surface area contributed by atoms with E-state index in [1.54, 1.807) is 6.08 Å². The number of ether oxygens (including phenoxy) is 3. The minimum atomic E-state index is -3.38. The number of unbranched alkanes of at least 4 members (excludes halogenated alkanes) is 4. The Morgan fingerprint density at radius 2 is 1.85 bits per heavy atom. The molecule has 40 heavy (non-hydrogen) atoms. The minimum Gasteiger partial charge on any atom is -0.481 e. The maximum atomic E-state index is 14.5. The van der Waals surface area contributed by atoms with Gasteiger partial charge in [-0.1, -0.05) is 69.0 Å². The van der Waals surface area contributed by atoms with E-state index >= 15 is 0 Å². The van der Waals surface area contributed by atoms with Crippen molar-refractivity contribution in [3.63, 3.8) is 0 Å². The maximum absolute atomic E-state index is 14.5. The van der Waals surface area contributed by atoms with Gasteiger partial charge in [0.25, 0.3) is 0 Å². The summed E-state index contributed by atoms with van der Waals surface area (Å²) >= 11 is 0. The highest BCUT2D eigenvalue weighted by Gasteiger charge is 2.45. The fraction of sp³-hybridized carbons (Fsp3) is 0.688. The Labute approximate surface area is 237 Å². The van der Waals surface area contributed by atoms with E-state index in [-0.39, 0.29) is 36.8 Å². The van der Waals surface area contributed by atoms with Crippen LogP contribution in [-0.2, 0) is 30.4 Å². The number of benzene rings is 1. The largest absolute Gasteiger partial charge is 0.481 e. The molecule has 1 heterocycles. The molecule has 0 amide bonds. The molecule has 1 saturated heterocycles. The van der Waals surface area contributed by atoms with Crippen LogP contribution in [0.25, 0.3) is 0 Å². The molecule has 224 valence electrons. The number of carbonyl (C=O) groups excluding carboxylic acids is 1. The lowest BCUT2D eigenvalue weighted by molar-refractivity contribution is -0.196. The van der Waals surface area contributed by atoms with Crippen molar-refractivity contribution in [1.29, 1.82) is 0 Å². The Morgan fingerprint density at radius 1 is 1.07 bits per heavy atom. The molecule has 2 aliphatic rings. The summed E-state index contributed by atoms with van der Waals surface area (Å²) in [6.45, 7) is 2.86. The predicted molar refractivity (Wildman–Crippen MR) is 149 cm³/mol. The van der Waals surface area contributed by atoms with E-state index < -0.39 is 24.1 Å². The summed E-state index contributed by atoms with van der Waals surface area (Å²) in [4.78, 5) is 23.4. The van der Waals surface area contributed by atoms with E-state index in [1.165, 1.54) is 0 Å². The minimum absolute atomic E-state index is 0.0286. The summed E-state index contributed by atoms with van der Waals surface area (Å²) in [7, 11) is 0. The first-order valence-corrected chi connectivity index (χ1v) is 15.0. The molecular formula is C32H46F2O6. The summed E-state index contributed by atoms with van der Waals surface area (Å²) in [6.07, 6.45) is 9.91. The highest BCUT2D eigenvalue weighted by atomic mass is 19.3. The number of allylic oxidation sites excluding steroid dienone is 1. The van der Waals surface area contributed by atoms with Gasteiger partial charge in [-0.15, -0.1) is 0 Å². The molecule has 1 aliphatic carbocycles. The molecule has 1 saturated carbocycles. The normalized spacial score (nSPS) is 25.4. The van der Waals surface area contributed by atoms with Gasteiger partial charge in [-0.05, 0) is 56.1 Å². The number of alkyl halides is 2. The molecule has 1 aromatic rings. The zero-order valence-electron chi connectivity index (χ0n) is 23.8. The van der Waals surface area contributed by atoms with Gasteiger partial charge < -0.3 is 19.3 Å². The second kappa shape index (κ2) is 16.9. The third kappa shape index (κ3) is 10.7. The lowest BCUT2D eigenvalue weighted by atomic mass is 9.87. The standard InChI is InChI=1S/C32H46F2O6/c1-2-3-20-32(33,34)29(35)19-18-26-25(15-9-4-5-10-16-30(36)37)28(40-31-17-11-12-21-38-31)22-27(26)39-23-24-13-7-6-8-14-24/h6-8,13-14,18-19,25-28,31H,2-5,9-12,15-17,20-23H2,1H3,(H,36,37)/t25-,26-,27-,28+,31?/m1/s1. The van der Waals surface area contributed by atoms with Gasteiger partial charge in [0.05, 0.1) is 18.8 Å². The number of halogens is 2. The first-order chi connectivity index (χ1) is 19.3. The number of ketones is 1. The van der Waals surface area contributed by atoms with E-state index in [2.05, 4.69) is 0 Å². The smallest absolute Gasteiger partial charge is 0.309 e. The van der Waals surface area contributed by atoms with Crippen molar-refractivity contribution < 1.29 is 37.7 Å². The van der Waals surface area contributed by atoms with Crippen molar-refractivity contribution in [1.82, 2.24) is 0 Å². The number of hydrogen-bond donors (Lipinski definition) is 1. The van der Waals surface area contributed by atoms with Crippen LogP contribution in [0.4, 0.5) is 8.78 Å². The Hall–Kier alpha value is -2.16. The van der Waals surface area contributed by atoms with Gasteiger partial charge in [0.1, 0.15) is 0 Å². The molecule has 0 spiro atoms. The molecule has 0 bridgehead atoms. The molecule has 5 atom stereocenters. The van der Waals surface area contributed by atoms with E-state index in [9.17, 15) is 18.4 Å². The average Bonchev–Trinajstić information content (AvgIpc) is 3.27. The quantitative estimate of drug-likeness (QED) is 0.147. The summed E-state index contributed by atoms with van der Waals surface area (Å²) in [5.41, 5.74) is 1.02. The zero-order chi connectivity index (χ0) is 28.8. The number of rotatable bonds is 18. The summed E-state index contributed by atoms with van der Waals surface area (Å²) in [5.74, 6) is -5.62. The van der Waals surface area contributed by atoms with E-state index in [4.69, 9.17) is 19.3 Å². The van der Waals surface area contributed by atoms with Crippen LogP contribution in [-0.4, -0.2) is 47.9 Å². The molecule has 8 heteroatoms. The number of carbonyl (C=O) groups is 2. The van der Waals surface area contributed by atoms with Crippen molar-refractivity contribution in [3.05, 3.63) is 48.0 Å². The molecule has 0 radical (unpaired) electrons. The third-order valence-corrected chi connectivity index (χ3v) is 7.99. The van der Waals surface area contributed by atoms with Crippen molar-refractivity contribution >= 4 is 11.8 Å². The number of hydrogen-bond acceptors (Lipinski definition) is 5. The van der Waals surface area contributed by atoms with Crippen LogP contribution in [0, 0.1) is 11.8 Å². The predicted octanol–water partition coefficient (Wildman–Crippen LogP) is 7.50. The molecule has 1 aliphatic heterocycles. The van der Waals surface area contributed by atoms with Crippen molar-refractivity contribution in [2.45, 2.75) is 121 Å². The second-order valence-electron chi connectivity index (χ2n) is 11.2. The van der Waals surface area contributed by atoms with Crippen LogP contribution in [0.2, 0.25) is 0 Å². The van der Waals surface area contributed by atoms with Crippen molar-refractivity contribution in [3.8, 4) is 0 Å². The van der Waals surface area contributed by atoms with Crippen LogP contribution in [0.1, 0.15) is 96.0 Å². The highest BCUT2D eigenvalue weighted by Crippen LogP contribution is 2.42. The van der Waals surface area contributed by atoms with Crippen molar-refractivity contribution in [2.75, 3.05) is 6.61 Å². The molecule has 1 N–H and O–H groups in total. The second-order valence-corrected chi connectivity index (χ2v) is 11.2. The number of carboxylic acid groups (broad SMARTS) is 1. The molecular weight excluding hydrogens is 518 g/mol. The maximum Gasteiger partial charge on any atom is 0.309 e. The van der Waals surface area contributed by atoms with Crippen molar-refractivity contribution in [2.24, 2.45) is 11.8 Å². The number of aliphatic carboxylic acids is 1. The topological polar surface area (TPSA) is 82.1 Å². The molecule has 0 aromatic heterocycles. The summed E-state index contributed by atoms with van der Waals surface area (Å²) in [6, 6.07) is 9.80. The Balaban J connectivity index is 1.76. The average molecular weight is 565 g/mol. The SMILES string of the molecule is CCCCC(F)(F)C(=O)C=C[C@@H]1[C@@H](CCCCCCC(=O)O)[C@@H](OC2CCCCO2)C[C@H]1OCc1ccccc1. The lowest BCUT2D eigenvalue weighted by Crippen LogP contribution is -2.31. The first kappa shape index (κ1) is 32.4. The molecule has 1 aromatic carbocycles. The Morgan fingerprint density at radius 3 is 2.55 bits per heavy atom. The summed E-state index contributed by atoms with van der Waals surface area (Å²) in [5, 5.41) is 8.91. The lowest BCUT2D eigenvalue weighted by Gasteiger charge is -2.30. The highest BCUT2D eigenvalue weighted by molar-refractivity contribution is 5.95. The van der Waals surface area contributed by atoms with Gasteiger partial charge in [-0.3, -0.25) is 9.59 Å². The molecule has 6 nitrogen and oxygen atoms in total. The van der Waals surface area contributed by atoms with Crippen LogP contribution >= 0.6 is 0 Å². The van der Waals surface area contributed by atoms with Crippen LogP contribution in [0.5, 0.6) is 0 Å². The molecule has 3 rings (SSSR count). The monoisotopic (exact) mass is 564 g/mol. The summed E-state index contributed by atoms with van der Waals surface area (Å²) < 4.78 is 47.7. The van der Waals surface area contributed by atoms with Crippen LogP contribution in [0.15, 0.2) is 42.5 Å². The molecule has 1 unspecified atom stereocenters. The molecule has 2 fully saturated rings. The Kier molecular flexibility index (Phi) is 13.7. The fourth-order valence-corrected chi connectivity index (χ4v) is 5.71. The van der Waals surface area contributed by atoms with E-state index in [1.807, 2.05) is 37.3 Å². The number of carboxylic acids is 1. The van der Waals surface area contributed by atoms with Gasteiger partial charge in [0, 0.05) is 31.8 Å². The first-order valence-electron chi connectivity index (χ1n) is 15.0. The van der Waals surface area contributed by atoms with Gasteiger partial charge in [-0.25, -0.2) is 0 Å². The van der Waals surface area contributed by atoms with Gasteiger partial charge in [0.15, 0.2) is 6.29 Å². The van der Waals surface area contributed by atoms with Gasteiger partial charge >= 0.3 is 11.9 Å².